The van der Waals surface area contributed by atoms with Crippen LogP contribution in [0.3, 0.4) is 0 Å². The molecule has 0 atom stereocenters. The van der Waals surface area contributed by atoms with Gasteiger partial charge in [-0.2, -0.15) is 0 Å². The van der Waals surface area contributed by atoms with Crippen LogP contribution in [-0.4, -0.2) is 11.7 Å². The Kier molecular flexibility index (Phi) is 4.88. The van der Waals surface area contributed by atoms with Crippen molar-refractivity contribution in [3.05, 3.63) is 65.7 Å². The Morgan fingerprint density at radius 1 is 1.14 bits per heavy atom. The molecular formula is C18H21NO2. The highest BCUT2D eigenvalue weighted by atomic mass is 16.5. The lowest BCUT2D eigenvalue weighted by Gasteiger charge is -2.12. The van der Waals surface area contributed by atoms with E-state index in [1.165, 1.54) is 5.56 Å². The topological polar surface area (TPSA) is 41.5 Å². The summed E-state index contributed by atoms with van der Waals surface area (Å²) in [5.74, 6) is 1.18. The number of hydrogen-bond acceptors (Lipinski definition) is 3. The summed E-state index contributed by atoms with van der Waals surface area (Å²) in [5.41, 5.74) is 4.11. The molecule has 0 spiro atoms. The number of nitrogens with one attached hydrogen (secondary N) is 1. The van der Waals surface area contributed by atoms with Crippen LogP contribution in [0, 0.1) is 13.8 Å². The molecule has 0 heterocycles. The predicted octanol–water partition coefficient (Wildman–Crippen LogP) is 4.19. The quantitative estimate of drug-likeness (QED) is 0.617. The highest BCUT2D eigenvalue weighted by Gasteiger charge is 2.03. The van der Waals surface area contributed by atoms with E-state index in [-0.39, 0.29) is 0 Å². The van der Waals surface area contributed by atoms with Crippen molar-refractivity contribution in [2.45, 2.75) is 20.4 Å². The molecule has 0 saturated heterocycles. The zero-order valence-electron chi connectivity index (χ0n) is 12.5. The lowest BCUT2D eigenvalue weighted by atomic mass is 10.1. The SMILES string of the molecule is C=CCOc1ccc(CNc2cc(C)c(O)cc2C)cc1. The third-order valence-corrected chi connectivity index (χ3v) is 3.32. The van der Waals surface area contributed by atoms with Gasteiger partial charge in [0, 0.05) is 12.2 Å². The van der Waals surface area contributed by atoms with Crippen molar-refractivity contribution in [1.29, 1.82) is 0 Å². The maximum absolute atomic E-state index is 9.66. The Labute approximate surface area is 125 Å². The monoisotopic (exact) mass is 283 g/mol. The van der Waals surface area contributed by atoms with Gasteiger partial charge in [-0.25, -0.2) is 0 Å². The molecule has 3 nitrogen and oxygen atoms in total. The Balaban J connectivity index is 1.99. The van der Waals surface area contributed by atoms with Gasteiger partial charge in [-0.15, -0.1) is 0 Å². The second kappa shape index (κ2) is 6.84. The summed E-state index contributed by atoms with van der Waals surface area (Å²) in [6.45, 7) is 8.75. The summed E-state index contributed by atoms with van der Waals surface area (Å²) in [7, 11) is 0. The Morgan fingerprint density at radius 2 is 1.86 bits per heavy atom. The van der Waals surface area contributed by atoms with Crippen molar-refractivity contribution in [2.24, 2.45) is 0 Å². The van der Waals surface area contributed by atoms with Gasteiger partial charge in [0.1, 0.15) is 18.1 Å². The molecular weight excluding hydrogens is 262 g/mol. The lowest BCUT2D eigenvalue weighted by Crippen LogP contribution is -2.01. The molecule has 0 aliphatic heterocycles. The van der Waals surface area contributed by atoms with Crippen molar-refractivity contribution in [3.63, 3.8) is 0 Å². The van der Waals surface area contributed by atoms with Crippen molar-refractivity contribution in [3.8, 4) is 11.5 Å². The number of anilines is 1. The Morgan fingerprint density at radius 3 is 2.52 bits per heavy atom. The molecule has 2 aromatic rings. The third kappa shape index (κ3) is 4.02. The maximum atomic E-state index is 9.66. The maximum Gasteiger partial charge on any atom is 0.119 e. The van der Waals surface area contributed by atoms with Crippen molar-refractivity contribution < 1.29 is 9.84 Å². The van der Waals surface area contributed by atoms with Gasteiger partial charge in [0.05, 0.1) is 0 Å². The molecule has 0 saturated carbocycles. The molecule has 0 bridgehead atoms. The molecule has 0 aliphatic carbocycles. The molecule has 2 aromatic carbocycles. The van der Waals surface area contributed by atoms with Crippen LogP contribution in [0.15, 0.2) is 49.1 Å². The number of hydrogen-bond donors (Lipinski definition) is 2. The largest absolute Gasteiger partial charge is 0.508 e. The van der Waals surface area contributed by atoms with Gasteiger partial charge in [-0.3, -0.25) is 0 Å². The second-order valence-corrected chi connectivity index (χ2v) is 5.05. The predicted molar refractivity (Wildman–Crippen MR) is 87.0 cm³/mol. The van der Waals surface area contributed by atoms with Crippen LogP contribution in [0.4, 0.5) is 5.69 Å². The van der Waals surface area contributed by atoms with Gasteiger partial charge in [0.25, 0.3) is 0 Å². The zero-order chi connectivity index (χ0) is 15.2. The van der Waals surface area contributed by atoms with Crippen molar-refractivity contribution >= 4 is 5.69 Å². The van der Waals surface area contributed by atoms with Gasteiger partial charge >= 0.3 is 0 Å². The molecule has 2 rings (SSSR count). The molecule has 0 fully saturated rings. The number of aromatic hydroxyl groups is 1. The molecule has 0 radical (unpaired) electrons. The van der Waals surface area contributed by atoms with Crippen molar-refractivity contribution in [1.82, 2.24) is 0 Å². The molecule has 2 N–H and O–H groups in total. The average molecular weight is 283 g/mol. The summed E-state index contributed by atoms with van der Waals surface area (Å²) < 4.78 is 5.45. The van der Waals surface area contributed by atoms with Gasteiger partial charge in [-0.05, 0) is 54.8 Å². The fraction of sp³-hybridized carbons (Fsp3) is 0.222. The third-order valence-electron chi connectivity index (χ3n) is 3.32. The van der Waals surface area contributed by atoms with E-state index < -0.39 is 0 Å². The zero-order valence-corrected chi connectivity index (χ0v) is 12.5. The number of ether oxygens (including phenoxy) is 1. The minimum Gasteiger partial charge on any atom is -0.508 e. The first-order valence-electron chi connectivity index (χ1n) is 6.97. The first-order chi connectivity index (χ1) is 10.1. The van der Waals surface area contributed by atoms with Crippen LogP contribution in [0.25, 0.3) is 0 Å². The summed E-state index contributed by atoms with van der Waals surface area (Å²) in [5, 5.41) is 13.1. The van der Waals surface area contributed by atoms with E-state index in [0.29, 0.717) is 12.4 Å². The van der Waals surface area contributed by atoms with E-state index in [2.05, 4.69) is 11.9 Å². The van der Waals surface area contributed by atoms with Crippen LogP contribution >= 0.6 is 0 Å². The van der Waals surface area contributed by atoms with Crippen LogP contribution in [0.5, 0.6) is 11.5 Å². The summed E-state index contributed by atoms with van der Waals surface area (Å²) >= 11 is 0. The van der Waals surface area contributed by atoms with Gasteiger partial charge in [-0.1, -0.05) is 24.8 Å². The number of phenolic OH excluding ortho intramolecular Hbond substituents is 1. The first-order valence-corrected chi connectivity index (χ1v) is 6.97. The summed E-state index contributed by atoms with van der Waals surface area (Å²) in [6.07, 6.45) is 1.73. The summed E-state index contributed by atoms with van der Waals surface area (Å²) in [6, 6.07) is 11.7. The normalized spacial score (nSPS) is 10.2. The van der Waals surface area contributed by atoms with E-state index in [4.69, 9.17) is 4.74 Å². The number of phenols is 1. The van der Waals surface area contributed by atoms with Crippen LogP contribution < -0.4 is 10.1 Å². The summed E-state index contributed by atoms with van der Waals surface area (Å²) in [4.78, 5) is 0. The average Bonchev–Trinajstić information content (AvgIpc) is 2.48. The highest BCUT2D eigenvalue weighted by Crippen LogP contribution is 2.25. The number of benzene rings is 2. The van der Waals surface area contributed by atoms with Gasteiger partial charge < -0.3 is 15.2 Å². The van der Waals surface area contributed by atoms with E-state index in [1.54, 1.807) is 12.1 Å². The minimum atomic E-state index is 0.335. The second-order valence-electron chi connectivity index (χ2n) is 5.05. The number of aryl methyl sites for hydroxylation is 2. The van der Waals surface area contributed by atoms with E-state index in [1.807, 2.05) is 44.2 Å². The fourth-order valence-electron chi connectivity index (χ4n) is 2.05. The molecule has 110 valence electrons. The Bertz CT molecular complexity index is 618. The smallest absolute Gasteiger partial charge is 0.119 e. The molecule has 21 heavy (non-hydrogen) atoms. The van der Waals surface area contributed by atoms with Crippen LogP contribution in [0.2, 0.25) is 0 Å². The molecule has 0 unspecified atom stereocenters. The molecule has 0 aromatic heterocycles. The molecule has 0 amide bonds. The standard InChI is InChI=1S/C18H21NO2/c1-4-9-21-16-7-5-15(6-8-16)12-19-17-10-14(3)18(20)11-13(17)2/h4-8,10-11,19-20H,1,9,12H2,2-3H3. The van der Waals surface area contributed by atoms with Crippen LogP contribution in [-0.2, 0) is 6.54 Å². The molecule has 3 heteroatoms. The van der Waals surface area contributed by atoms with Gasteiger partial charge in [0.2, 0.25) is 0 Å². The van der Waals surface area contributed by atoms with Crippen LogP contribution in [0.1, 0.15) is 16.7 Å². The fourth-order valence-corrected chi connectivity index (χ4v) is 2.05. The van der Waals surface area contributed by atoms with Crippen molar-refractivity contribution in [2.75, 3.05) is 11.9 Å². The van der Waals surface area contributed by atoms with E-state index >= 15 is 0 Å². The van der Waals surface area contributed by atoms with E-state index in [0.717, 1.165) is 29.1 Å². The highest BCUT2D eigenvalue weighted by molar-refractivity contribution is 5.56. The van der Waals surface area contributed by atoms with Gasteiger partial charge in [0.15, 0.2) is 0 Å². The lowest BCUT2D eigenvalue weighted by molar-refractivity contribution is 0.363. The minimum absolute atomic E-state index is 0.335. The molecule has 0 aliphatic rings. The first kappa shape index (κ1) is 15.0. The Hall–Kier alpha value is -2.42. The number of rotatable bonds is 6. The van der Waals surface area contributed by atoms with E-state index in [9.17, 15) is 5.11 Å².